The molecule has 0 spiro atoms. The van der Waals surface area contributed by atoms with E-state index in [0.717, 1.165) is 6.42 Å². The molecule has 2 amide bonds. The van der Waals surface area contributed by atoms with Gasteiger partial charge >= 0.3 is 0 Å². The maximum atomic E-state index is 12.1. The third-order valence-electron chi connectivity index (χ3n) is 2.80. The molecule has 0 radical (unpaired) electrons. The Balaban J connectivity index is 2.78. The predicted molar refractivity (Wildman–Crippen MR) is 89.0 cm³/mol. The number of rotatable bonds is 7. The van der Waals surface area contributed by atoms with E-state index in [1.807, 2.05) is 6.92 Å². The van der Waals surface area contributed by atoms with Crippen LogP contribution in [-0.4, -0.2) is 38.4 Å². The Morgan fingerprint density at radius 2 is 1.88 bits per heavy atom. The van der Waals surface area contributed by atoms with Crippen LogP contribution in [-0.2, 0) is 14.8 Å². The van der Waals surface area contributed by atoms with Gasteiger partial charge in [0.1, 0.15) is 6.04 Å². The van der Waals surface area contributed by atoms with E-state index in [4.69, 9.17) is 4.42 Å². The lowest BCUT2D eigenvalue weighted by Crippen LogP contribution is -2.44. The maximum Gasteiger partial charge on any atom is 0.287 e. The van der Waals surface area contributed by atoms with Crippen LogP contribution in [0.4, 0.5) is 0 Å². The van der Waals surface area contributed by atoms with Gasteiger partial charge in [0.05, 0.1) is 0 Å². The first kappa shape index (κ1) is 20.2. The van der Waals surface area contributed by atoms with E-state index in [1.165, 1.54) is 19.1 Å². The van der Waals surface area contributed by atoms with Crippen LogP contribution in [0.3, 0.4) is 0 Å². The second-order valence-electron chi connectivity index (χ2n) is 6.46. The second kappa shape index (κ2) is 7.80. The van der Waals surface area contributed by atoms with E-state index in [0.29, 0.717) is 6.54 Å². The van der Waals surface area contributed by atoms with E-state index >= 15 is 0 Å². The molecule has 0 aliphatic carbocycles. The fourth-order valence-electron chi connectivity index (χ4n) is 1.77. The molecule has 0 bridgehead atoms. The van der Waals surface area contributed by atoms with Crippen molar-refractivity contribution in [1.29, 1.82) is 0 Å². The lowest BCUT2D eigenvalue weighted by Gasteiger charge is -2.19. The van der Waals surface area contributed by atoms with Crippen LogP contribution in [0.5, 0.6) is 0 Å². The Labute approximate surface area is 142 Å². The molecule has 3 N–H and O–H groups in total. The molecule has 0 unspecified atom stereocenters. The molecular weight excluding hydrogens is 334 g/mol. The molecule has 1 rings (SSSR count). The van der Waals surface area contributed by atoms with E-state index in [9.17, 15) is 18.0 Å². The van der Waals surface area contributed by atoms with Crippen molar-refractivity contribution in [2.24, 2.45) is 0 Å². The molecule has 1 atom stereocenters. The summed E-state index contributed by atoms with van der Waals surface area (Å²) in [6, 6.07) is 1.69. The average Bonchev–Trinajstić information content (AvgIpc) is 2.92. The molecule has 0 saturated carbocycles. The molecule has 0 fully saturated rings. The van der Waals surface area contributed by atoms with E-state index in [2.05, 4.69) is 15.4 Å². The van der Waals surface area contributed by atoms with Gasteiger partial charge in [-0.15, -0.1) is 0 Å². The Kier molecular flexibility index (Phi) is 6.56. The highest BCUT2D eigenvalue weighted by Gasteiger charge is 2.26. The number of furan rings is 1. The van der Waals surface area contributed by atoms with E-state index in [-0.39, 0.29) is 16.8 Å². The molecule has 0 aromatic carbocycles. The summed E-state index contributed by atoms with van der Waals surface area (Å²) in [5.74, 6) is -1.16. The van der Waals surface area contributed by atoms with E-state index < -0.39 is 27.5 Å². The number of sulfonamides is 1. The number of hydrogen-bond acceptors (Lipinski definition) is 5. The third kappa shape index (κ3) is 5.97. The van der Waals surface area contributed by atoms with Gasteiger partial charge in [-0.1, -0.05) is 6.92 Å². The van der Waals surface area contributed by atoms with Gasteiger partial charge in [-0.2, -0.15) is 0 Å². The fourth-order valence-corrected chi connectivity index (χ4v) is 3.13. The highest BCUT2D eigenvalue weighted by molar-refractivity contribution is 7.89. The van der Waals surface area contributed by atoms with Crippen molar-refractivity contribution >= 4 is 21.8 Å². The van der Waals surface area contributed by atoms with Gasteiger partial charge in [0.2, 0.25) is 11.0 Å². The zero-order valence-corrected chi connectivity index (χ0v) is 15.4. The summed E-state index contributed by atoms with van der Waals surface area (Å²) in [5, 5.41) is 4.76. The Bertz CT molecular complexity index is 688. The summed E-state index contributed by atoms with van der Waals surface area (Å²) in [7, 11) is -3.86. The standard InChI is InChI=1S/C15H25N3O5S/c1-6-9-16-13(19)10(2)17-14(20)11-7-8-12(23-11)24(21,22)18-15(3,4)5/h7-8,10,18H,6,9H2,1-5H3,(H,16,19)(H,17,20)/t10-/m0/s1. The Hall–Kier alpha value is -1.87. The Morgan fingerprint density at radius 3 is 2.42 bits per heavy atom. The summed E-state index contributed by atoms with van der Waals surface area (Å²) in [6.07, 6.45) is 0.784. The number of carbonyl (C=O) groups excluding carboxylic acids is 2. The van der Waals surface area contributed by atoms with Crippen LogP contribution >= 0.6 is 0 Å². The lowest BCUT2D eigenvalue weighted by molar-refractivity contribution is -0.122. The van der Waals surface area contributed by atoms with Gasteiger partial charge in [0.25, 0.3) is 15.9 Å². The molecule has 0 aliphatic rings. The molecule has 24 heavy (non-hydrogen) atoms. The smallest absolute Gasteiger partial charge is 0.287 e. The number of nitrogens with one attached hydrogen (secondary N) is 3. The Morgan fingerprint density at radius 1 is 1.25 bits per heavy atom. The van der Waals surface area contributed by atoms with Crippen LogP contribution < -0.4 is 15.4 Å². The first-order valence-corrected chi connectivity index (χ1v) is 9.17. The highest BCUT2D eigenvalue weighted by Crippen LogP contribution is 2.16. The third-order valence-corrected chi connectivity index (χ3v) is 4.43. The van der Waals surface area contributed by atoms with Crippen LogP contribution in [0.25, 0.3) is 0 Å². The summed E-state index contributed by atoms with van der Waals surface area (Å²) in [6.45, 7) is 9.04. The maximum absolute atomic E-state index is 12.1. The summed E-state index contributed by atoms with van der Waals surface area (Å²) < 4.78 is 31.8. The summed E-state index contributed by atoms with van der Waals surface area (Å²) in [4.78, 5) is 23.8. The first-order chi connectivity index (χ1) is 11.0. The van der Waals surface area contributed by atoms with Gasteiger partial charge in [-0.05, 0) is 46.2 Å². The lowest BCUT2D eigenvalue weighted by atomic mass is 10.1. The second-order valence-corrected chi connectivity index (χ2v) is 8.07. The quantitative estimate of drug-likeness (QED) is 0.671. The average molecular weight is 359 g/mol. The van der Waals surface area contributed by atoms with Crippen molar-refractivity contribution in [1.82, 2.24) is 15.4 Å². The monoisotopic (exact) mass is 359 g/mol. The largest absolute Gasteiger partial charge is 0.438 e. The van der Waals surface area contributed by atoms with Gasteiger partial charge < -0.3 is 15.1 Å². The fraction of sp³-hybridized carbons (Fsp3) is 0.600. The van der Waals surface area contributed by atoms with Crippen LogP contribution in [0.15, 0.2) is 21.6 Å². The normalized spacial score (nSPS) is 13.4. The minimum Gasteiger partial charge on any atom is -0.438 e. The van der Waals surface area contributed by atoms with Crippen molar-refractivity contribution in [2.45, 2.75) is 57.7 Å². The van der Waals surface area contributed by atoms with Crippen molar-refractivity contribution in [2.75, 3.05) is 6.54 Å². The van der Waals surface area contributed by atoms with Crippen molar-refractivity contribution in [3.8, 4) is 0 Å². The van der Waals surface area contributed by atoms with Crippen molar-refractivity contribution in [3.05, 3.63) is 17.9 Å². The minimum absolute atomic E-state index is 0.181. The predicted octanol–water partition coefficient (Wildman–Crippen LogP) is 1.00. The molecule has 1 aromatic heterocycles. The minimum atomic E-state index is -3.86. The topological polar surface area (TPSA) is 118 Å². The molecule has 8 nitrogen and oxygen atoms in total. The van der Waals surface area contributed by atoms with Gasteiger partial charge in [0.15, 0.2) is 5.76 Å². The molecule has 1 aromatic rings. The van der Waals surface area contributed by atoms with Crippen molar-refractivity contribution < 1.29 is 22.4 Å². The molecule has 1 heterocycles. The number of hydrogen-bond donors (Lipinski definition) is 3. The highest BCUT2D eigenvalue weighted by atomic mass is 32.2. The molecule has 136 valence electrons. The summed E-state index contributed by atoms with van der Waals surface area (Å²) in [5.41, 5.74) is -0.681. The molecule has 9 heteroatoms. The zero-order valence-electron chi connectivity index (χ0n) is 14.6. The van der Waals surface area contributed by atoms with Gasteiger partial charge in [-0.25, -0.2) is 13.1 Å². The van der Waals surface area contributed by atoms with Crippen LogP contribution in [0, 0.1) is 0 Å². The zero-order chi connectivity index (χ0) is 18.5. The molecular formula is C15H25N3O5S. The number of carbonyl (C=O) groups is 2. The first-order valence-electron chi connectivity index (χ1n) is 7.68. The van der Waals surface area contributed by atoms with Gasteiger partial charge in [0, 0.05) is 12.1 Å². The van der Waals surface area contributed by atoms with E-state index in [1.54, 1.807) is 20.8 Å². The van der Waals surface area contributed by atoms with Gasteiger partial charge in [-0.3, -0.25) is 9.59 Å². The van der Waals surface area contributed by atoms with Crippen LogP contribution in [0.2, 0.25) is 0 Å². The molecule has 0 saturated heterocycles. The summed E-state index contributed by atoms with van der Waals surface area (Å²) >= 11 is 0. The number of amides is 2. The SMILES string of the molecule is CCCNC(=O)[C@H](C)NC(=O)c1ccc(S(=O)(=O)NC(C)(C)C)o1. The van der Waals surface area contributed by atoms with Crippen molar-refractivity contribution in [3.63, 3.8) is 0 Å². The van der Waals surface area contributed by atoms with Crippen LogP contribution in [0.1, 0.15) is 51.6 Å². The molecule has 0 aliphatic heterocycles.